The molecule has 0 saturated carbocycles. The van der Waals surface area contributed by atoms with Crippen molar-refractivity contribution in [1.82, 2.24) is 0 Å². The Labute approximate surface area is 123 Å². The molecule has 0 aliphatic rings. The fraction of sp³-hybridized carbons (Fsp3) is 0. The fourth-order valence-corrected chi connectivity index (χ4v) is 2.29. The van der Waals surface area contributed by atoms with Crippen LogP contribution in [0.25, 0.3) is 10.8 Å². The molecule has 0 fully saturated rings. The maximum Gasteiger partial charge on any atom is 0.326 e. The van der Waals surface area contributed by atoms with Gasteiger partial charge in [0.15, 0.2) is 4.67 Å². The summed E-state index contributed by atoms with van der Waals surface area (Å²) in [6, 6.07) is 16.7. The smallest absolute Gasteiger partial charge is 0.326 e. The summed E-state index contributed by atoms with van der Waals surface area (Å²) in [5, 5.41) is 7.51. The van der Waals surface area contributed by atoms with Crippen molar-refractivity contribution in [3.63, 3.8) is 0 Å². The minimum absolute atomic E-state index is 0.344. The Morgan fingerprint density at radius 3 is 2.55 bits per heavy atom. The molecule has 0 unspecified atom stereocenters. The first-order chi connectivity index (χ1) is 9.72. The first-order valence-electron chi connectivity index (χ1n) is 6.03. The number of fused-ring (bicyclic) bond motifs is 1. The number of carbonyl (C=O) groups excluding carboxylic acids is 1. The number of benzene rings is 2. The highest BCUT2D eigenvalue weighted by atomic mass is 79.9. The van der Waals surface area contributed by atoms with Crippen LogP contribution in [0.4, 0.5) is 16.4 Å². The highest BCUT2D eigenvalue weighted by molar-refractivity contribution is 9.10. The van der Waals surface area contributed by atoms with Crippen LogP contribution in [0.2, 0.25) is 0 Å². The van der Waals surface area contributed by atoms with E-state index in [1.54, 1.807) is 12.1 Å². The number of urea groups is 1. The summed E-state index contributed by atoms with van der Waals surface area (Å²) in [6.07, 6.45) is 0. The molecule has 0 aliphatic carbocycles. The average Bonchev–Trinajstić information content (AvgIpc) is 2.84. The Kier molecular flexibility index (Phi) is 3.43. The Morgan fingerprint density at radius 1 is 0.950 bits per heavy atom. The van der Waals surface area contributed by atoms with Crippen LogP contribution >= 0.6 is 15.9 Å². The van der Waals surface area contributed by atoms with E-state index < -0.39 is 0 Å². The summed E-state index contributed by atoms with van der Waals surface area (Å²) in [4.78, 5) is 11.9. The molecule has 0 saturated heterocycles. The topological polar surface area (TPSA) is 54.3 Å². The van der Waals surface area contributed by atoms with Crippen LogP contribution in [0, 0.1) is 0 Å². The summed E-state index contributed by atoms with van der Waals surface area (Å²) in [7, 11) is 0. The molecule has 2 amide bonds. The van der Waals surface area contributed by atoms with Crippen molar-refractivity contribution in [2.45, 2.75) is 0 Å². The summed E-state index contributed by atoms with van der Waals surface area (Å²) in [5.41, 5.74) is 0.756. The summed E-state index contributed by atoms with van der Waals surface area (Å²) in [5.74, 6) is 0.384. The third kappa shape index (κ3) is 2.67. The van der Waals surface area contributed by atoms with Crippen LogP contribution in [0.15, 0.2) is 63.7 Å². The number of nitrogens with one attached hydrogen (secondary N) is 2. The van der Waals surface area contributed by atoms with E-state index in [1.807, 2.05) is 42.5 Å². The van der Waals surface area contributed by atoms with Crippen LogP contribution in [-0.4, -0.2) is 6.03 Å². The van der Waals surface area contributed by atoms with Crippen molar-refractivity contribution in [1.29, 1.82) is 0 Å². The van der Waals surface area contributed by atoms with Gasteiger partial charge in [-0.2, -0.15) is 0 Å². The zero-order valence-corrected chi connectivity index (χ0v) is 12.0. The van der Waals surface area contributed by atoms with Gasteiger partial charge in [0, 0.05) is 11.5 Å². The van der Waals surface area contributed by atoms with Crippen molar-refractivity contribution in [2.24, 2.45) is 0 Å². The number of halogens is 1. The van der Waals surface area contributed by atoms with Crippen molar-refractivity contribution in [3.05, 3.63) is 59.3 Å². The van der Waals surface area contributed by atoms with Crippen LogP contribution < -0.4 is 10.6 Å². The quantitative estimate of drug-likeness (QED) is 0.706. The third-order valence-corrected chi connectivity index (χ3v) is 3.27. The Hall–Kier alpha value is -2.27. The van der Waals surface area contributed by atoms with Crippen molar-refractivity contribution >= 4 is 44.3 Å². The highest BCUT2D eigenvalue weighted by Crippen LogP contribution is 2.23. The molecule has 5 heteroatoms. The van der Waals surface area contributed by atoms with E-state index in [0.717, 1.165) is 16.5 Å². The van der Waals surface area contributed by atoms with E-state index in [9.17, 15) is 4.79 Å². The second-order valence-corrected chi connectivity index (χ2v) is 4.99. The second kappa shape index (κ2) is 5.38. The predicted octanol–water partition coefficient (Wildman–Crippen LogP) is 4.84. The lowest BCUT2D eigenvalue weighted by molar-refractivity contribution is 0.261. The molecular formula is C15H11BrN2O2. The maximum atomic E-state index is 11.9. The number of hydrogen-bond donors (Lipinski definition) is 2. The van der Waals surface area contributed by atoms with Crippen LogP contribution in [0.5, 0.6) is 0 Å². The number of hydrogen-bond acceptors (Lipinski definition) is 2. The fourth-order valence-electron chi connectivity index (χ4n) is 1.98. The normalized spacial score (nSPS) is 10.4. The lowest BCUT2D eigenvalue weighted by Crippen LogP contribution is -2.19. The van der Waals surface area contributed by atoms with Crippen molar-refractivity contribution in [3.8, 4) is 0 Å². The van der Waals surface area contributed by atoms with E-state index in [2.05, 4.69) is 26.6 Å². The number of anilines is 2. The Bertz CT molecular complexity index is 762. The number of furan rings is 1. The van der Waals surface area contributed by atoms with Crippen molar-refractivity contribution < 1.29 is 9.21 Å². The van der Waals surface area contributed by atoms with Gasteiger partial charge < -0.3 is 9.73 Å². The van der Waals surface area contributed by atoms with Gasteiger partial charge in [-0.05, 0) is 33.4 Å². The highest BCUT2D eigenvalue weighted by Gasteiger charge is 2.07. The summed E-state index contributed by atoms with van der Waals surface area (Å²) < 4.78 is 5.79. The molecule has 0 radical (unpaired) electrons. The lowest BCUT2D eigenvalue weighted by atomic mass is 10.1. The van der Waals surface area contributed by atoms with Gasteiger partial charge in [0.25, 0.3) is 0 Å². The van der Waals surface area contributed by atoms with Gasteiger partial charge in [0.05, 0.1) is 5.69 Å². The largest absolute Gasteiger partial charge is 0.434 e. The van der Waals surface area contributed by atoms with Gasteiger partial charge in [-0.3, -0.25) is 5.32 Å². The van der Waals surface area contributed by atoms with Crippen molar-refractivity contribution in [2.75, 3.05) is 10.6 Å². The van der Waals surface area contributed by atoms with Gasteiger partial charge in [0.2, 0.25) is 5.88 Å². The molecular weight excluding hydrogens is 320 g/mol. The molecule has 2 N–H and O–H groups in total. The molecule has 2 aromatic carbocycles. The molecule has 20 heavy (non-hydrogen) atoms. The monoisotopic (exact) mass is 330 g/mol. The molecule has 4 nitrogen and oxygen atoms in total. The molecule has 0 spiro atoms. The molecule has 1 heterocycles. The maximum absolute atomic E-state index is 11.9. The molecule has 0 atom stereocenters. The standard InChI is InChI=1S/C15H11BrN2O2/c16-13-8-9-14(20-13)18-15(19)17-12-7-3-5-10-4-1-2-6-11(10)12/h1-9H,(H2,17,18,19). The van der Waals surface area contributed by atoms with E-state index >= 15 is 0 Å². The SMILES string of the molecule is O=C(Nc1ccc(Br)o1)Nc1cccc2ccccc12. The van der Waals surface area contributed by atoms with E-state index in [0.29, 0.717) is 10.6 Å². The molecule has 100 valence electrons. The van der Waals surface area contributed by atoms with Gasteiger partial charge in [-0.25, -0.2) is 4.79 Å². The predicted molar refractivity (Wildman–Crippen MR) is 83.0 cm³/mol. The zero-order valence-electron chi connectivity index (χ0n) is 10.4. The molecule has 1 aromatic heterocycles. The minimum atomic E-state index is -0.344. The lowest BCUT2D eigenvalue weighted by Gasteiger charge is -2.08. The molecule has 3 aromatic rings. The third-order valence-electron chi connectivity index (χ3n) is 2.85. The van der Waals surface area contributed by atoms with E-state index in [4.69, 9.17) is 4.42 Å². The summed E-state index contributed by atoms with van der Waals surface area (Å²) >= 11 is 3.18. The molecule has 0 aliphatic heterocycles. The van der Waals surface area contributed by atoms with Gasteiger partial charge in [-0.15, -0.1) is 0 Å². The van der Waals surface area contributed by atoms with Gasteiger partial charge in [-0.1, -0.05) is 36.4 Å². The zero-order chi connectivity index (χ0) is 13.9. The number of carbonyl (C=O) groups is 1. The van der Waals surface area contributed by atoms with Crippen LogP contribution in [-0.2, 0) is 0 Å². The Morgan fingerprint density at radius 2 is 1.75 bits per heavy atom. The molecule has 0 bridgehead atoms. The van der Waals surface area contributed by atoms with E-state index in [1.165, 1.54) is 0 Å². The first kappa shape index (κ1) is 12.7. The number of amides is 2. The molecule has 3 rings (SSSR count). The van der Waals surface area contributed by atoms with Gasteiger partial charge in [0.1, 0.15) is 0 Å². The van der Waals surface area contributed by atoms with E-state index in [-0.39, 0.29) is 6.03 Å². The van der Waals surface area contributed by atoms with Crippen LogP contribution in [0.1, 0.15) is 0 Å². The second-order valence-electron chi connectivity index (χ2n) is 4.21. The Balaban J connectivity index is 1.81. The van der Waals surface area contributed by atoms with Gasteiger partial charge >= 0.3 is 6.03 Å². The average molecular weight is 331 g/mol. The first-order valence-corrected chi connectivity index (χ1v) is 6.83. The minimum Gasteiger partial charge on any atom is -0.434 e. The summed E-state index contributed by atoms with van der Waals surface area (Å²) in [6.45, 7) is 0. The van der Waals surface area contributed by atoms with Crippen LogP contribution in [0.3, 0.4) is 0 Å². The number of rotatable bonds is 2.